The standard InChI is InChI=1S/2C6H13NO3S2.Ba/c2*1-7(6(8)11)5-2-3-12(9,10)4-5;/h2*5-6,8,11H,2-4H2,1H3;/q;;+2/p-2. The van der Waals surface area contributed by atoms with Gasteiger partial charge in [0.25, 0.3) is 0 Å². The largest absolute Gasteiger partial charge is 2.00 e. The zero-order valence-corrected chi connectivity index (χ0v) is 22.0. The minimum Gasteiger partial charge on any atom is -0.745 e. The van der Waals surface area contributed by atoms with Crippen molar-refractivity contribution < 1.29 is 27.0 Å². The van der Waals surface area contributed by atoms with E-state index in [9.17, 15) is 16.8 Å². The zero-order chi connectivity index (χ0) is 18.7. The molecule has 25 heavy (non-hydrogen) atoms. The molecule has 0 bridgehead atoms. The van der Waals surface area contributed by atoms with Crippen molar-refractivity contribution in [3.63, 3.8) is 0 Å². The van der Waals surface area contributed by atoms with Gasteiger partial charge in [-0.3, -0.25) is 9.80 Å². The van der Waals surface area contributed by atoms with Crippen molar-refractivity contribution in [3.8, 4) is 0 Å². The van der Waals surface area contributed by atoms with E-state index in [1.165, 1.54) is 9.80 Å². The Bertz CT molecular complexity index is 559. The van der Waals surface area contributed by atoms with Crippen molar-refractivity contribution >= 4 is 93.8 Å². The molecular weight excluding hydrogens is 534 g/mol. The molecule has 2 aliphatic rings. The predicted octanol–water partition coefficient (Wildman–Crippen LogP) is -2.52. The number of rotatable bonds is 4. The molecule has 0 aromatic rings. The Hall–Kier alpha value is 2.01. The second-order valence-electron chi connectivity index (χ2n) is 6.10. The molecule has 2 aliphatic heterocycles. The SMILES string of the molecule is CN(C(O)[S-])C1CCS(=O)(=O)C1.CN(C(O)[S-])C1CCS(=O)(=O)C1.[Ba+2]. The molecule has 144 valence electrons. The molecule has 4 atom stereocenters. The van der Waals surface area contributed by atoms with Crippen molar-refractivity contribution in [1.29, 1.82) is 0 Å². The topological polar surface area (TPSA) is 115 Å². The van der Waals surface area contributed by atoms with Gasteiger partial charge in [-0.15, -0.1) is 0 Å². The Morgan fingerprint density at radius 2 is 1.12 bits per heavy atom. The molecule has 0 radical (unpaired) electrons. The van der Waals surface area contributed by atoms with Gasteiger partial charge in [-0.2, -0.15) is 0 Å². The molecule has 0 aromatic carbocycles. The van der Waals surface area contributed by atoms with Gasteiger partial charge in [0.15, 0.2) is 19.7 Å². The molecule has 13 heteroatoms. The second-order valence-corrected chi connectivity index (χ2v) is 11.4. The van der Waals surface area contributed by atoms with Crippen LogP contribution in [0.4, 0.5) is 0 Å². The Balaban J connectivity index is 0.000000443. The van der Waals surface area contributed by atoms with E-state index in [2.05, 4.69) is 25.3 Å². The van der Waals surface area contributed by atoms with Crippen LogP contribution < -0.4 is 0 Å². The fourth-order valence-corrected chi connectivity index (χ4v) is 6.47. The van der Waals surface area contributed by atoms with Gasteiger partial charge in [-0.1, -0.05) is 0 Å². The van der Waals surface area contributed by atoms with Crippen LogP contribution in [-0.4, -0.2) is 146 Å². The molecule has 2 fully saturated rings. The molecule has 2 N–H and O–H groups in total. The minimum atomic E-state index is -2.87. The maximum Gasteiger partial charge on any atom is 2.00 e. The molecule has 0 spiro atoms. The van der Waals surface area contributed by atoms with Gasteiger partial charge >= 0.3 is 48.9 Å². The summed E-state index contributed by atoms with van der Waals surface area (Å²) in [5.41, 5.74) is -1.97. The predicted molar refractivity (Wildman–Crippen MR) is 102 cm³/mol. The van der Waals surface area contributed by atoms with E-state index in [4.69, 9.17) is 10.2 Å². The van der Waals surface area contributed by atoms with E-state index in [0.717, 1.165) is 0 Å². The van der Waals surface area contributed by atoms with Crippen LogP contribution >= 0.6 is 0 Å². The molecule has 2 heterocycles. The first kappa shape index (κ1) is 27.0. The summed E-state index contributed by atoms with van der Waals surface area (Å²) in [7, 11) is -2.46. The van der Waals surface area contributed by atoms with Crippen molar-refractivity contribution in [2.45, 2.75) is 36.0 Å². The summed E-state index contributed by atoms with van der Waals surface area (Å²) in [5, 5.41) is 18.0. The molecule has 8 nitrogen and oxygen atoms in total. The number of sulfone groups is 2. The monoisotopic (exact) mass is 558 g/mol. The number of nitrogens with zero attached hydrogens (tertiary/aromatic N) is 2. The molecule has 4 unspecified atom stereocenters. The molecule has 0 aromatic heterocycles. The van der Waals surface area contributed by atoms with Crippen LogP contribution in [0.15, 0.2) is 0 Å². The molecule has 0 amide bonds. The van der Waals surface area contributed by atoms with Crippen LogP contribution in [0.25, 0.3) is 0 Å². The summed E-state index contributed by atoms with van der Waals surface area (Å²) in [4.78, 5) is 3.03. The van der Waals surface area contributed by atoms with Gasteiger partial charge in [0.1, 0.15) is 0 Å². The van der Waals surface area contributed by atoms with Crippen molar-refractivity contribution in [2.24, 2.45) is 0 Å². The van der Waals surface area contributed by atoms with Gasteiger partial charge in [0.05, 0.1) is 23.0 Å². The quantitative estimate of drug-likeness (QED) is 0.218. The van der Waals surface area contributed by atoms with Crippen LogP contribution in [0.1, 0.15) is 12.8 Å². The zero-order valence-electron chi connectivity index (χ0n) is 14.3. The maximum absolute atomic E-state index is 11.0. The maximum atomic E-state index is 11.0. The average Bonchev–Trinajstić information content (AvgIpc) is 2.99. The van der Waals surface area contributed by atoms with E-state index in [-0.39, 0.29) is 84.0 Å². The summed E-state index contributed by atoms with van der Waals surface area (Å²) in [6, 6.07) is -0.218. The molecule has 0 aliphatic carbocycles. The van der Waals surface area contributed by atoms with E-state index < -0.39 is 30.8 Å². The van der Waals surface area contributed by atoms with E-state index in [1.807, 2.05) is 0 Å². The smallest absolute Gasteiger partial charge is 0.745 e. The van der Waals surface area contributed by atoms with Crippen LogP contribution in [0, 0.1) is 0 Å². The Morgan fingerprint density at radius 3 is 1.28 bits per heavy atom. The third-order valence-electron chi connectivity index (χ3n) is 4.27. The summed E-state index contributed by atoms with van der Waals surface area (Å²) in [6.07, 6.45) is 1.15. The Kier molecular flexibility index (Phi) is 12.2. The fourth-order valence-electron chi connectivity index (χ4n) is 2.55. The van der Waals surface area contributed by atoms with Gasteiger partial charge in [-0.05, 0) is 38.1 Å². The number of hydrogen-bond donors (Lipinski definition) is 2. The first-order valence-corrected chi connectivity index (χ1v) is 12.0. The van der Waals surface area contributed by atoms with Gasteiger partial charge in [-0.25, -0.2) is 16.8 Å². The van der Waals surface area contributed by atoms with Gasteiger partial charge < -0.3 is 35.5 Å². The fraction of sp³-hybridized carbons (Fsp3) is 1.00. The van der Waals surface area contributed by atoms with Crippen LogP contribution in [0.5, 0.6) is 0 Å². The molecule has 0 saturated carbocycles. The van der Waals surface area contributed by atoms with Crippen molar-refractivity contribution in [2.75, 3.05) is 37.1 Å². The first-order chi connectivity index (χ1) is 10.8. The van der Waals surface area contributed by atoms with Gasteiger partial charge in [0.2, 0.25) is 0 Å². The Labute approximate surface area is 201 Å². The summed E-state index contributed by atoms with van der Waals surface area (Å²) in [5.74, 6) is 0.669. The van der Waals surface area contributed by atoms with Crippen LogP contribution in [-0.2, 0) is 44.9 Å². The third kappa shape index (κ3) is 9.37. The Morgan fingerprint density at radius 1 is 0.840 bits per heavy atom. The van der Waals surface area contributed by atoms with Gasteiger partial charge in [0, 0.05) is 12.1 Å². The van der Waals surface area contributed by atoms with Crippen LogP contribution in [0.3, 0.4) is 0 Å². The second kappa shape index (κ2) is 11.3. The normalized spacial score (nSPS) is 29.6. The molecular formula is C12H24BaN2O6S4. The van der Waals surface area contributed by atoms with Crippen molar-refractivity contribution in [1.82, 2.24) is 9.80 Å². The molecule has 2 saturated heterocycles. The van der Waals surface area contributed by atoms with Crippen molar-refractivity contribution in [3.05, 3.63) is 0 Å². The summed E-state index contributed by atoms with van der Waals surface area (Å²) < 4.78 is 44.1. The third-order valence-corrected chi connectivity index (χ3v) is 8.43. The minimum absolute atomic E-state index is 0. The number of hydrogen-bond acceptors (Lipinski definition) is 10. The number of aliphatic hydroxyl groups excluding tert-OH is 2. The first-order valence-electron chi connectivity index (χ1n) is 7.37. The average molecular weight is 558 g/mol. The summed E-state index contributed by atoms with van der Waals surface area (Å²) >= 11 is 9.20. The number of aliphatic hydroxyl groups is 2. The van der Waals surface area contributed by atoms with Crippen LogP contribution in [0.2, 0.25) is 0 Å². The summed E-state index contributed by atoms with van der Waals surface area (Å²) in [6.45, 7) is 0. The van der Waals surface area contributed by atoms with E-state index >= 15 is 0 Å². The van der Waals surface area contributed by atoms with E-state index in [1.54, 1.807) is 14.1 Å². The van der Waals surface area contributed by atoms with E-state index in [0.29, 0.717) is 12.8 Å². The molecule has 2 rings (SSSR count).